The number of aryl methyl sites for hydroxylation is 1. The standard InChI is InChI=1S/C44H60N2O3/c1-3-28-20-38(46-26-28)32-9-6-10-34(21-32)41(2)40-33-12-14-35(27-47)44(40,45)39-11-7-8-30-22-37(48)15-13-31(30)18-29-19-36(43(39,24-33)49-41)25-42(23-29)16-4-5-17-42/h13,15,20,22,26,29,32-36,39-40,46-48H,3-6,8-10,12,14,16-19,21,23-25,27,45H2,1-2H3/t29-,32+,33+,34-,35+,36-,39-,40+,41-,43-,44+/m1/s1. The normalized spacial score (nSPS) is 43.6. The van der Waals surface area contributed by atoms with Crippen molar-refractivity contribution in [3.63, 3.8) is 0 Å². The first kappa shape index (κ1) is 32.6. The Morgan fingerprint density at radius 1 is 0.980 bits per heavy atom. The first-order valence-corrected chi connectivity index (χ1v) is 20.3. The Balaban J connectivity index is 1.18. The van der Waals surface area contributed by atoms with Gasteiger partial charge in [-0.05, 0) is 160 Å². The molecule has 11 atom stereocenters. The van der Waals surface area contributed by atoms with Crippen LogP contribution in [0.1, 0.15) is 132 Å². The molecule has 5 N–H and O–H groups in total. The van der Waals surface area contributed by atoms with E-state index in [0.717, 1.165) is 38.5 Å². The molecule has 10 rings (SSSR count). The summed E-state index contributed by atoms with van der Waals surface area (Å²) in [4.78, 5) is 3.67. The third-order valence-corrected chi connectivity index (χ3v) is 16.1. The highest BCUT2D eigenvalue weighted by Crippen LogP contribution is 2.71. The number of aromatic nitrogens is 1. The SMILES string of the molecule is CCc1c[nH]c([C@H]2CCC[C@@H]([C@@]3(C)O[C@@]45C[C@@H]6CC[C@@H](CO)[C@](N)([C@@H]4C#CCc4cc(O)ccc4C[C@@H]4C[C@@H]5CC5(CCCC5)C4)[C@@H]63)C2)c1. The molecule has 8 aliphatic rings. The van der Waals surface area contributed by atoms with Crippen LogP contribution in [0.3, 0.4) is 0 Å². The highest BCUT2D eigenvalue weighted by Gasteiger charge is 2.76. The number of nitrogens with two attached hydrogens (primary N) is 1. The van der Waals surface area contributed by atoms with E-state index in [-0.39, 0.29) is 30.0 Å². The van der Waals surface area contributed by atoms with Crippen molar-refractivity contribution in [2.75, 3.05) is 6.61 Å². The predicted octanol–water partition coefficient (Wildman–Crippen LogP) is 8.22. The zero-order valence-electron chi connectivity index (χ0n) is 30.1. The fraction of sp³-hybridized carbons (Fsp3) is 0.727. The van der Waals surface area contributed by atoms with E-state index in [0.29, 0.717) is 47.2 Å². The lowest BCUT2D eigenvalue weighted by Gasteiger charge is -2.75. The topological polar surface area (TPSA) is 91.5 Å². The van der Waals surface area contributed by atoms with Crippen LogP contribution in [-0.2, 0) is 24.0 Å². The molecule has 3 heterocycles. The number of aliphatic hydroxyl groups is 1. The van der Waals surface area contributed by atoms with E-state index in [1.165, 1.54) is 86.6 Å². The number of H-pyrrole nitrogens is 1. The first-order valence-electron chi connectivity index (χ1n) is 20.3. The molecular formula is C44H60N2O3. The number of benzene rings is 1. The van der Waals surface area contributed by atoms with Gasteiger partial charge in [-0.15, -0.1) is 0 Å². The third kappa shape index (κ3) is 4.97. The van der Waals surface area contributed by atoms with Crippen molar-refractivity contribution in [3.05, 3.63) is 52.8 Å². The molecule has 5 nitrogen and oxygen atoms in total. The first-order chi connectivity index (χ1) is 23.7. The highest BCUT2D eigenvalue weighted by atomic mass is 16.5. The fourth-order valence-electron chi connectivity index (χ4n) is 14.2. The van der Waals surface area contributed by atoms with Crippen LogP contribution < -0.4 is 5.73 Å². The number of rotatable bonds is 4. The van der Waals surface area contributed by atoms with Gasteiger partial charge in [0.05, 0.1) is 17.1 Å². The van der Waals surface area contributed by atoms with E-state index in [4.69, 9.17) is 10.5 Å². The number of phenols is 1. The van der Waals surface area contributed by atoms with Crippen LogP contribution in [0.15, 0.2) is 30.5 Å². The van der Waals surface area contributed by atoms with Crippen molar-refractivity contribution in [1.29, 1.82) is 0 Å². The lowest BCUT2D eigenvalue weighted by molar-refractivity contribution is -0.362. The molecule has 0 amide bonds. The number of aromatic hydroxyl groups is 1. The van der Waals surface area contributed by atoms with Crippen LogP contribution in [0.25, 0.3) is 0 Å². The largest absolute Gasteiger partial charge is 0.508 e. The van der Waals surface area contributed by atoms with Crippen molar-refractivity contribution >= 4 is 0 Å². The Morgan fingerprint density at radius 2 is 1.84 bits per heavy atom. The number of ether oxygens (including phenoxy) is 1. The van der Waals surface area contributed by atoms with Crippen molar-refractivity contribution < 1.29 is 14.9 Å². The number of aliphatic hydroxyl groups excluding tert-OH is 1. The lowest BCUT2D eigenvalue weighted by Crippen LogP contribution is -2.84. The predicted molar refractivity (Wildman–Crippen MR) is 194 cm³/mol. The Bertz CT molecular complexity index is 1630. The zero-order chi connectivity index (χ0) is 33.6. The molecule has 49 heavy (non-hydrogen) atoms. The Labute approximate surface area is 294 Å². The summed E-state index contributed by atoms with van der Waals surface area (Å²) in [5, 5.41) is 21.7. The summed E-state index contributed by atoms with van der Waals surface area (Å²) in [5.41, 5.74) is 12.5. The van der Waals surface area contributed by atoms with Gasteiger partial charge < -0.3 is 25.7 Å². The van der Waals surface area contributed by atoms with E-state index >= 15 is 0 Å². The van der Waals surface area contributed by atoms with Gasteiger partial charge in [-0.3, -0.25) is 0 Å². The minimum Gasteiger partial charge on any atom is -0.508 e. The van der Waals surface area contributed by atoms with Gasteiger partial charge in [-0.1, -0.05) is 44.1 Å². The molecule has 5 heteroatoms. The average Bonchev–Trinajstić information content (AvgIpc) is 3.76. The van der Waals surface area contributed by atoms with Crippen LogP contribution in [0.2, 0.25) is 0 Å². The highest BCUT2D eigenvalue weighted by molar-refractivity contribution is 5.40. The second-order valence-electron chi connectivity index (χ2n) is 18.5. The molecule has 264 valence electrons. The average molecular weight is 665 g/mol. The van der Waals surface area contributed by atoms with E-state index in [2.05, 4.69) is 49.0 Å². The number of hydrogen-bond acceptors (Lipinski definition) is 4. The van der Waals surface area contributed by atoms with Crippen molar-refractivity contribution in [2.24, 2.45) is 52.6 Å². The summed E-state index contributed by atoms with van der Waals surface area (Å²) in [5.74, 6) is 10.6. The summed E-state index contributed by atoms with van der Waals surface area (Å²) >= 11 is 0. The molecule has 1 aromatic carbocycles. The molecule has 1 aromatic heterocycles. The maximum atomic E-state index is 11.2. The molecule has 6 bridgehead atoms. The van der Waals surface area contributed by atoms with Crippen LogP contribution in [0, 0.1) is 58.7 Å². The molecule has 2 aliphatic heterocycles. The smallest absolute Gasteiger partial charge is 0.115 e. The van der Waals surface area contributed by atoms with E-state index in [9.17, 15) is 10.2 Å². The van der Waals surface area contributed by atoms with Gasteiger partial charge in [0, 0.05) is 42.3 Å². The number of phenolic OH excluding ortho intramolecular Hbond substituents is 1. The maximum absolute atomic E-state index is 11.2. The summed E-state index contributed by atoms with van der Waals surface area (Å²) in [7, 11) is 0. The second-order valence-corrected chi connectivity index (χ2v) is 18.5. The van der Waals surface area contributed by atoms with Gasteiger partial charge in [-0.2, -0.15) is 0 Å². The van der Waals surface area contributed by atoms with Gasteiger partial charge in [0.2, 0.25) is 0 Å². The maximum Gasteiger partial charge on any atom is 0.115 e. The zero-order valence-corrected chi connectivity index (χ0v) is 30.1. The molecule has 7 fully saturated rings. The summed E-state index contributed by atoms with van der Waals surface area (Å²) in [6.45, 7) is 4.87. The van der Waals surface area contributed by atoms with Crippen LogP contribution in [0.5, 0.6) is 5.75 Å². The van der Waals surface area contributed by atoms with E-state index < -0.39 is 11.1 Å². The molecule has 2 aromatic rings. The monoisotopic (exact) mass is 664 g/mol. The van der Waals surface area contributed by atoms with Crippen LogP contribution in [0.4, 0.5) is 0 Å². The third-order valence-electron chi connectivity index (χ3n) is 16.1. The molecule has 2 spiro atoms. The van der Waals surface area contributed by atoms with Crippen molar-refractivity contribution in [3.8, 4) is 17.6 Å². The summed E-state index contributed by atoms with van der Waals surface area (Å²) in [6, 6.07) is 8.43. The number of hydrogen-bond donors (Lipinski definition) is 4. The van der Waals surface area contributed by atoms with Crippen molar-refractivity contribution in [2.45, 2.75) is 146 Å². The fourth-order valence-corrected chi connectivity index (χ4v) is 14.2. The molecule has 0 unspecified atom stereocenters. The lowest BCUT2D eigenvalue weighted by atomic mass is 9.38. The van der Waals surface area contributed by atoms with Crippen molar-refractivity contribution in [1.82, 2.24) is 4.98 Å². The Kier molecular flexibility index (Phi) is 7.92. The van der Waals surface area contributed by atoms with E-state index in [1.54, 1.807) is 0 Å². The minimum atomic E-state index is -0.587. The molecule has 2 saturated heterocycles. The summed E-state index contributed by atoms with van der Waals surface area (Å²) < 4.78 is 8.15. The second kappa shape index (κ2) is 11.9. The number of nitrogens with one attached hydrogen (secondary N) is 1. The van der Waals surface area contributed by atoms with Crippen LogP contribution in [-0.4, -0.2) is 38.5 Å². The summed E-state index contributed by atoms with van der Waals surface area (Å²) in [6.07, 6.45) is 22.1. The van der Waals surface area contributed by atoms with Gasteiger partial charge >= 0.3 is 0 Å². The van der Waals surface area contributed by atoms with Gasteiger partial charge in [-0.25, -0.2) is 0 Å². The number of aromatic amines is 1. The molecular weight excluding hydrogens is 604 g/mol. The number of fused-ring (bicyclic) bond motifs is 4. The molecule has 6 aliphatic carbocycles. The van der Waals surface area contributed by atoms with E-state index in [1.807, 2.05) is 12.1 Å². The van der Waals surface area contributed by atoms with Gasteiger partial charge in [0.1, 0.15) is 5.75 Å². The molecule has 5 saturated carbocycles. The Hall–Kier alpha value is -2.26. The van der Waals surface area contributed by atoms with Gasteiger partial charge in [0.25, 0.3) is 0 Å². The molecule has 0 radical (unpaired) electrons. The van der Waals surface area contributed by atoms with Crippen LogP contribution >= 0.6 is 0 Å². The van der Waals surface area contributed by atoms with Gasteiger partial charge in [0.15, 0.2) is 0 Å². The Morgan fingerprint density at radius 3 is 2.63 bits per heavy atom. The minimum absolute atomic E-state index is 0.0344. The quantitative estimate of drug-likeness (QED) is 0.248.